The highest BCUT2D eigenvalue weighted by atomic mass is 16.5. The van der Waals surface area contributed by atoms with Crippen LogP contribution in [-0.2, 0) is 4.79 Å². The van der Waals surface area contributed by atoms with Gasteiger partial charge in [-0.15, -0.1) is 0 Å². The van der Waals surface area contributed by atoms with Gasteiger partial charge in [0, 0.05) is 5.56 Å². The number of primary amides is 1. The summed E-state index contributed by atoms with van der Waals surface area (Å²) in [6.45, 7) is -0.251. The molecule has 2 amide bonds. The molecule has 3 rings (SSSR count). The fraction of sp³-hybridized carbons (Fsp3) is 0.0476. The van der Waals surface area contributed by atoms with Crippen molar-refractivity contribution < 1.29 is 19.1 Å². The second kappa shape index (κ2) is 8.53. The number of benzene rings is 3. The van der Waals surface area contributed by atoms with E-state index in [1.165, 1.54) is 0 Å². The van der Waals surface area contributed by atoms with E-state index < -0.39 is 5.91 Å². The number of carbonyl (C=O) groups excluding carboxylic acids is 2. The molecule has 0 atom stereocenters. The van der Waals surface area contributed by atoms with Gasteiger partial charge in [-0.3, -0.25) is 9.59 Å². The second-order valence-corrected chi connectivity index (χ2v) is 5.65. The number of para-hydroxylation sites is 3. The molecule has 0 radical (unpaired) electrons. The van der Waals surface area contributed by atoms with Gasteiger partial charge in [0.15, 0.2) is 12.4 Å². The average Bonchev–Trinajstić information content (AvgIpc) is 2.69. The summed E-state index contributed by atoms with van der Waals surface area (Å²) in [5, 5.41) is 2.83. The Morgan fingerprint density at radius 2 is 1.56 bits per heavy atom. The van der Waals surface area contributed by atoms with E-state index in [0.29, 0.717) is 28.5 Å². The third-order valence-electron chi connectivity index (χ3n) is 3.58. The van der Waals surface area contributed by atoms with Crippen molar-refractivity contribution in [2.75, 3.05) is 11.9 Å². The molecule has 0 heterocycles. The van der Waals surface area contributed by atoms with Gasteiger partial charge in [-0.05, 0) is 42.5 Å². The Hall–Kier alpha value is -3.80. The maximum atomic E-state index is 12.6. The molecule has 0 saturated heterocycles. The van der Waals surface area contributed by atoms with Gasteiger partial charge in [-0.2, -0.15) is 0 Å². The number of hydrogen-bond acceptors (Lipinski definition) is 4. The highest BCUT2D eigenvalue weighted by Crippen LogP contribution is 2.29. The molecule has 6 heteroatoms. The molecular formula is C21H18N2O4. The summed E-state index contributed by atoms with van der Waals surface area (Å²) < 4.78 is 11.1. The minimum absolute atomic E-state index is 0.251. The van der Waals surface area contributed by atoms with Gasteiger partial charge in [0.25, 0.3) is 11.8 Å². The zero-order chi connectivity index (χ0) is 19.1. The molecule has 0 aliphatic carbocycles. The first-order valence-electron chi connectivity index (χ1n) is 8.26. The molecule has 0 saturated carbocycles. The Kier molecular flexibility index (Phi) is 5.69. The van der Waals surface area contributed by atoms with Gasteiger partial charge in [-0.25, -0.2) is 0 Å². The third kappa shape index (κ3) is 5.09. The van der Waals surface area contributed by atoms with Crippen LogP contribution in [0.15, 0.2) is 78.9 Å². The van der Waals surface area contributed by atoms with E-state index in [1.54, 1.807) is 42.5 Å². The van der Waals surface area contributed by atoms with Crippen molar-refractivity contribution in [1.82, 2.24) is 0 Å². The van der Waals surface area contributed by atoms with Crippen molar-refractivity contribution in [3.8, 4) is 17.2 Å². The van der Waals surface area contributed by atoms with E-state index in [1.807, 2.05) is 36.4 Å². The summed E-state index contributed by atoms with van der Waals surface area (Å²) in [6, 6.07) is 23.0. The number of amides is 2. The third-order valence-corrected chi connectivity index (χ3v) is 3.58. The first-order chi connectivity index (χ1) is 13.1. The summed E-state index contributed by atoms with van der Waals surface area (Å²) in [4.78, 5) is 23.4. The van der Waals surface area contributed by atoms with E-state index in [4.69, 9.17) is 15.2 Å². The molecular weight excluding hydrogens is 344 g/mol. The first kappa shape index (κ1) is 18.0. The fourth-order valence-electron chi connectivity index (χ4n) is 2.35. The van der Waals surface area contributed by atoms with E-state index in [2.05, 4.69) is 5.32 Å². The zero-order valence-electron chi connectivity index (χ0n) is 14.4. The molecule has 136 valence electrons. The lowest BCUT2D eigenvalue weighted by molar-refractivity contribution is -0.119. The van der Waals surface area contributed by atoms with Crippen LogP contribution in [0.5, 0.6) is 17.2 Å². The number of hydrogen-bond donors (Lipinski definition) is 2. The molecule has 0 bridgehead atoms. The molecule has 0 spiro atoms. The number of anilines is 1. The monoisotopic (exact) mass is 362 g/mol. The topological polar surface area (TPSA) is 90.7 Å². The molecule has 0 unspecified atom stereocenters. The predicted molar refractivity (Wildman–Crippen MR) is 102 cm³/mol. The van der Waals surface area contributed by atoms with Gasteiger partial charge in [0.2, 0.25) is 0 Å². The maximum Gasteiger partial charge on any atom is 0.255 e. The number of nitrogens with two attached hydrogens (primary N) is 1. The van der Waals surface area contributed by atoms with E-state index >= 15 is 0 Å². The summed E-state index contributed by atoms with van der Waals surface area (Å²) in [5.74, 6) is 0.662. The van der Waals surface area contributed by atoms with Gasteiger partial charge < -0.3 is 20.5 Å². The first-order valence-corrected chi connectivity index (χ1v) is 8.26. The van der Waals surface area contributed by atoms with Gasteiger partial charge in [0.1, 0.15) is 11.5 Å². The molecule has 0 aliphatic heterocycles. The quantitative estimate of drug-likeness (QED) is 0.672. The summed E-state index contributed by atoms with van der Waals surface area (Å²) in [6.07, 6.45) is 0. The standard InChI is InChI=1S/C21H18N2O4/c22-20(24)14-26-17-10-6-7-15(13-17)21(25)23-18-11-4-5-12-19(18)27-16-8-2-1-3-9-16/h1-13H,14H2,(H2,22,24)(H,23,25). The molecule has 3 N–H and O–H groups in total. The Morgan fingerprint density at radius 1 is 0.852 bits per heavy atom. The van der Waals surface area contributed by atoms with Gasteiger partial charge in [0.05, 0.1) is 5.69 Å². The summed E-state index contributed by atoms with van der Waals surface area (Å²) >= 11 is 0. The minimum Gasteiger partial charge on any atom is -0.484 e. The van der Waals surface area contributed by atoms with Crippen LogP contribution in [0, 0.1) is 0 Å². The van der Waals surface area contributed by atoms with Gasteiger partial charge >= 0.3 is 0 Å². The van der Waals surface area contributed by atoms with Crippen LogP contribution in [0.3, 0.4) is 0 Å². The smallest absolute Gasteiger partial charge is 0.255 e. The van der Waals surface area contributed by atoms with Crippen molar-refractivity contribution >= 4 is 17.5 Å². The number of rotatable bonds is 7. The highest BCUT2D eigenvalue weighted by molar-refractivity contribution is 6.05. The van der Waals surface area contributed by atoms with Crippen molar-refractivity contribution in [2.24, 2.45) is 5.73 Å². The summed E-state index contributed by atoms with van der Waals surface area (Å²) in [5.41, 5.74) is 5.98. The summed E-state index contributed by atoms with van der Waals surface area (Å²) in [7, 11) is 0. The average molecular weight is 362 g/mol. The van der Waals surface area contributed by atoms with Crippen molar-refractivity contribution in [3.05, 3.63) is 84.4 Å². The van der Waals surface area contributed by atoms with Crippen LogP contribution in [0.4, 0.5) is 5.69 Å². The Balaban J connectivity index is 1.75. The molecule has 6 nitrogen and oxygen atoms in total. The van der Waals surface area contributed by atoms with E-state index in [0.717, 1.165) is 0 Å². The van der Waals surface area contributed by atoms with Crippen LogP contribution >= 0.6 is 0 Å². The van der Waals surface area contributed by atoms with E-state index in [-0.39, 0.29) is 12.5 Å². The Bertz CT molecular complexity index is 942. The number of carbonyl (C=O) groups is 2. The number of nitrogens with one attached hydrogen (secondary N) is 1. The zero-order valence-corrected chi connectivity index (χ0v) is 14.4. The van der Waals surface area contributed by atoms with Crippen molar-refractivity contribution in [3.63, 3.8) is 0 Å². The lowest BCUT2D eigenvalue weighted by Crippen LogP contribution is -2.20. The largest absolute Gasteiger partial charge is 0.484 e. The molecule has 0 aromatic heterocycles. The van der Waals surface area contributed by atoms with Crippen molar-refractivity contribution in [2.45, 2.75) is 0 Å². The Labute approximate surface area is 156 Å². The maximum absolute atomic E-state index is 12.6. The van der Waals surface area contributed by atoms with Crippen molar-refractivity contribution in [1.29, 1.82) is 0 Å². The lowest BCUT2D eigenvalue weighted by Gasteiger charge is -2.12. The van der Waals surface area contributed by atoms with Crippen LogP contribution in [0.25, 0.3) is 0 Å². The minimum atomic E-state index is -0.586. The van der Waals surface area contributed by atoms with Crippen LogP contribution in [0.1, 0.15) is 10.4 Å². The predicted octanol–water partition coefficient (Wildman–Crippen LogP) is 3.60. The molecule has 0 fully saturated rings. The van der Waals surface area contributed by atoms with Gasteiger partial charge in [-0.1, -0.05) is 36.4 Å². The fourth-order valence-corrected chi connectivity index (χ4v) is 2.35. The van der Waals surface area contributed by atoms with Crippen LogP contribution < -0.4 is 20.5 Å². The normalized spacial score (nSPS) is 10.1. The highest BCUT2D eigenvalue weighted by Gasteiger charge is 2.11. The Morgan fingerprint density at radius 3 is 2.33 bits per heavy atom. The molecule has 27 heavy (non-hydrogen) atoms. The molecule has 3 aromatic carbocycles. The second-order valence-electron chi connectivity index (χ2n) is 5.65. The lowest BCUT2D eigenvalue weighted by atomic mass is 10.2. The molecule has 0 aliphatic rings. The van der Waals surface area contributed by atoms with Crippen LogP contribution in [-0.4, -0.2) is 18.4 Å². The van der Waals surface area contributed by atoms with E-state index in [9.17, 15) is 9.59 Å². The SMILES string of the molecule is NC(=O)COc1cccc(C(=O)Nc2ccccc2Oc2ccccc2)c1. The number of ether oxygens (including phenoxy) is 2. The van der Waals surface area contributed by atoms with Crippen LogP contribution in [0.2, 0.25) is 0 Å². The molecule has 3 aromatic rings.